The molecule has 5 nitrogen and oxygen atoms in total. The van der Waals surface area contributed by atoms with E-state index in [-0.39, 0.29) is 11.7 Å². The summed E-state index contributed by atoms with van der Waals surface area (Å²) in [5, 5.41) is 8.46. The Labute approximate surface area is 171 Å². The molecule has 0 aliphatic heterocycles. The van der Waals surface area contributed by atoms with Crippen LogP contribution in [0, 0.1) is 13.8 Å². The number of hydrogen-bond donors (Lipinski definition) is 0. The lowest BCUT2D eigenvalue weighted by Gasteiger charge is -2.18. The van der Waals surface area contributed by atoms with Crippen molar-refractivity contribution in [2.75, 3.05) is 12.8 Å². The minimum absolute atomic E-state index is 0.0170. The minimum atomic E-state index is 0.0170. The van der Waals surface area contributed by atoms with E-state index in [0.717, 1.165) is 15.6 Å². The highest BCUT2D eigenvalue weighted by atomic mass is 79.9. The van der Waals surface area contributed by atoms with Crippen LogP contribution in [0.3, 0.4) is 0 Å². The van der Waals surface area contributed by atoms with Crippen molar-refractivity contribution in [2.45, 2.75) is 25.6 Å². The van der Waals surface area contributed by atoms with Crippen molar-refractivity contribution in [3.63, 3.8) is 0 Å². The number of benzene rings is 2. The number of aryl methyl sites for hydroxylation is 2. The van der Waals surface area contributed by atoms with Gasteiger partial charge in [0.05, 0.1) is 5.75 Å². The smallest absolute Gasteiger partial charge is 0.277 e. The highest BCUT2D eigenvalue weighted by Crippen LogP contribution is 2.24. The molecule has 0 fully saturated rings. The maximum absolute atomic E-state index is 12.4. The molecule has 1 heterocycles. The number of thioether (sulfide) groups is 1. The molecule has 0 N–H and O–H groups in total. The second-order valence-corrected chi connectivity index (χ2v) is 8.19. The van der Waals surface area contributed by atoms with Gasteiger partial charge in [-0.25, -0.2) is 0 Å². The third kappa shape index (κ3) is 5.20. The Bertz CT molecular complexity index is 941. The first kappa shape index (κ1) is 19.6. The first-order chi connectivity index (χ1) is 12.9. The average molecular weight is 446 g/mol. The molecule has 3 aromatic rings. The minimum Gasteiger partial charge on any atom is -0.411 e. The molecule has 3 rings (SSSR count). The Hall–Kier alpha value is -2.12. The lowest BCUT2D eigenvalue weighted by atomic mass is 10.1. The zero-order valence-electron chi connectivity index (χ0n) is 15.4. The number of nitrogens with zero attached hydrogens (tertiary/aromatic N) is 3. The zero-order chi connectivity index (χ0) is 19.4. The van der Waals surface area contributed by atoms with E-state index < -0.39 is 0 Å². The Balaban J connectivity index is 1.56. The molecule has 0 aliphatic carbocycles. The molecule has 0 unspecified atom stereocenters. The van der Waals surface area contributed by atoms with Crippen LogP contribution in [0.15, 0.2) is 56.6 Å². The van der Waals surface area contributed by atoms with Crippen molar-refractivity contribution in [1.82, 2.24) is 15.1 Å². The molecule has 1 amide bonds. The third-order valence-corrected chi connectivity index (χ3v) is 5.48. The normalized spacial score (nSPS) is 10.8. The Morgan fingerprint density at radius 2 is 1.89 bits per heavy atom. The standard InChI is InChI=1S/C20H20BrN3O2S/c1-13-4-5-16(14(2)10-13)11-24(3)18(25)12-27-20-23-22-19(26-20)15-6-8-17(21)9-7-15/h4-10H,11-12H2,1-3H3. The maximum Gasteiger partial charge on any atom is 0.277 e. The fourth-order valence-electron chi connectivity index (χ4n) is 2.58. The van der Waals surface area contributed by atoms with Crippen LogP contribution in [0.2, 0.25) is 0 Å². The zero-order valence-corrected chi connectivity index (χ0v) is 17.8. The molecular formula is C20H20BrN3O2S. The molecule has 1 aromatic heterocycles. The van der Waals surface area contributed by atoms with Gasteiger partial charge in [0.15, 0.2) is 0 Å². The third-order valence-electron chi connectivity index (χ3n) is 4.15. The highest BCUT2D eigenvalue weighted by molar-refractivity contribution is 9.10. The number of rotatable bonds is 6. The van der Waals surface area contributed by atoms with E-state index in [0.29, 0.717) is 17.7 Å². The van der Waals surface area contributed by atoms with Gasteiger partial charge in [-0.2, -0.15) is 0 Å². The number of halogens is 1. The summed E-state index contributed by atoms with van der Waals surface area (Å²) in [4.78, 5) is 14.1. The number of aromatic nitrogens is 2. The lowest BCUT2D eigenvalue weighted by Crippen LogP contribution is -2.28. The van der Waals surface area contributed by atoms with Gasteiger partial charge in [-0.3, -0.25) is 4.79 Å². The number of amides is 1. The van der Waals surface area contributed by atoms with Crippen LogP contribution in [0.4, 0.5) is 0 Å². The van der Waals surface area contributed by atoms with Crippen molar-refractivity contribution < 1.29 is 9.21 Å². The highest BCUT2D eigenvalue weighted by Gasteiger charge is 2.14. The number of carbonyl (C=O) groups is 1. The summed E-state index contributed by atoms with van der Waals surface area (Å²) in [7, 11) is 1.81. The van der Waals surface area contributed by atoms with Crippen molar-refractivity contribution in [3.8, 4) is 11.5 Å². The van der Waals surface area contributed by atoms with Gasteiger partial charge >= 0.3 is 0 Å². The summed E-state index contributed by atoms with van der Waals surface area (Å²) in [6.07, 6.45) is 0. The first-order valence-corrected chi connectivity index (χ1v) is 10.2. The Kier molecular flexibility index (Phi) is 6.34. The molecule has 0 bridgehead atoms. The van der Waals surface area contributed by atoms with Crippen LogP contribution in [0.1, 0.15) is 16.7 Å². The van der Waals surface area contributed by atoms with Gasteiger partial charge in [-0.1, -0.05) is 51.5 Å². The molecule has 0 saturated carbocycles. The largest absolute Gasteiger partial charge is 0.411 e. The summed E-state index contributed by atoms with van der Waals surface area (Å²) in [6.45, 7) is 4.71. The fourth-order valence-corrected chi connectivity index (χ4v) is 3.55. The van der Waals surface area contributed by atoms with E-state index in [4.69, 9.17) is 4.42 Å². The Morgan fingerprint density at radius 1 is 1.15 bits per heavy atom. The number of carbonyl (C=O) groups excluding carboxylic acids is 1. The molecule has 0 saturated heterocycles. The number of hydrogen-bond acceptors (Lipinski definition) is 5. The Morgan fingerprint density at radius 3 is 2.59 bits per heavy atom. The van der Waals surface area contributed by atoms with Crippen molar-refractivity contribution in [3.05, 3.63) is 63.6 Å². The predicted molar refractivity (Wildman–Crippen MR) is 111 cm³/mol. The molecule has 140 valence electrons. The van der Waals surface area contributed by atoms with Gasteiger partial charge in [0.2, 0.25) is 11.8 Å². The van der Waals surface area contributed by atoms with Crippen LogP contribution >= 0.6 is 27.7 Å². The predicted octanol–water partition coefficient (Wildman–Crippen LogP) is 4.87. The van der Waals surface area contributed by atoms with Crippen LogP contribution in [0.25, 0.3) is 11.5 Å². The van der Waals surface area contributed by atoms with E-state index in [1.54, 1.807) is 4.90 Å². The summed E-state index contributed by atoms with van der Waals surface area (Å²) >= 11 is 4.65. The molecule has 2 aromatic carbocycles. The van der Waals surface area contributed by atoms with E-state index >= 15 is 0 Å². The van der Waals surface area contributed by atoms with Crippen molar-refractivity contribution in [2.24, 2.45) is 0 Å². The van der Waals surface area contributed by atoms with Crippen LogP contribution in [-0.2, 0) is 11.3 Å². The molecule has 0 aliphatic rings. The second-order valence-electron chi connectivity index (χ2n) is 6.35. The van der Waals surface area contributed by atoms with E-state index in [1.807, 2.05) is 31.3 Å². The lowest BCUT2D eigenvalue weighted by molar-refractivity contribution is -0.127. The van der Waals surface area contributed by atoms with Gasteiger partial charge in [-0.15, -0.1) is 10.2 Å². The van der Waals surface area contributed by atoms with Crippen LogP contribution in [0.5, 0.6) is 0 Å². The van der Waals surface area contributed by atoms with Gasteiger partial charge in [0.25, 0.3) is 5.22 Å². The van der Waals surface area contributed by atoms with Gasteiger partial charge < -0.3 is 9.32 Å². The quantitative estimate of drug-likeness (QED) is 0.506. The molecule has 0 radical (unpaired) electrons. The SMILES string of the molecule is Cc1ccc(CN(C)C(=O)CSc2nnc(-c3ccc(Br)cc3)o2)c(C)c1. The topological polar surface area (TPSA) is 59.2 Å². The van der Waals surface area contributed by atoms with Crippen molar-refractivity contribution >= 4 is 33.6 Å². The van der Waals surface area contributed by atoms with Crippen LogP contribution in [-0.4, -0.2) is 33.8 Å². The van der Waals surface area contributed by atoms with E-state index in [9.17, 15) is 4.79 Å². The first-order valence-electron chi connectivity index (χ1n) is 8.44. The molecule has 7 heteroatoms. The molecule has 0 atom stereocenters. The molecular weight excluding hydrogens is 426 g/mol. The maximum atomic E-state index is 12.4. The summed E-state index contributed by atoms with van der Waals surface area (Å²) in [5.74, 6) is 0.716. The van der Waals surface area contributed by atoms with E-state index in [2.05, 4.69) is 58.2 Å². The molecule has 0 spiro atoms. The van der Waals surface area contributed by atoms with Crippen LogP contribution < -0.4 is 0 Å². The summed E-state index contributed by atoms with van der Waals surface area (Å²) in [6, 6.07) is 13.9. The summed E-state index contributed by atoms with van der Waals surface area (Å²) < 4.78 is 6.63. The van der Waals surface area contributed by atoms with Gasteiger partial charge in [0, 0.05) is 23.6 Å². The average Bonchev–Trinajstić information content (AvgIpc) is 3.11. The van der Waals surface area contributed by atoms with E-state index in [1.165, 1.54) is 22.9 Å². The summed E-state index contributed by atoms with van der Waals surface area (Å²) in [5.41, 5.74) is 4.41. The second kappa shape index (κ2) is 8.71. The van der Waals surface area contributed by atoms with Crippen molar-refractivity contribution in [1.29, 1.82) is 0 Å². The van der Waals surface area contributed by atoms with Gasteiger partial charge in [0.1, 0.15) is 0 Å². The van der Waals surface area contributed by atoms with Gasteiger partial charge in [-0.05, 0) is 49.2 Å². The fraction of sp³-hybridized carbons (Fsp3) is 0.250. The molecule has 27 heavy (non-hydrogen) atoms. The monoisotopic (exact) mass is 445 g/mol.